The molecule has 122 valence electrons. The molecule has 0 unspecified atom stereocenters. The Kier molecular flexibility index (Phi) is 4.53. The molecule has 7 nitrogen and oxygen atoms in total. The zero-order valence-electron chi connectivity index (χ0n) is 13.0. The first-order valence-corrected chi connectivity index (χ1v) is 7.95. The number of carbonyl (C=O) groups excluding carboxylic acids is 3. The molecular weight excluding hydrogens is 308 g/mol. The van der Waals surface area contributed by atoms with E-state index in [0.29, 0.717) is 11.3 Å². The Morgan fingerprint density at radius 3 is 2.59 bits per heavy atom. The fourth-order valence-corrected chi connectivity index (χ4v) is 3.47. The molecule has 0 aromatic heterocycles. The molecule has 0 radical (unpaired) electrons. The van der Waals surface area contributed by atoms with Crippen molar-refractivity contribution in [1.82, 2.24) is 4.90 Å². The van der Waals surface area contributed by atoms with Gasteiger partial charge in [-0.15, -0.1) is 11.8 Å². The molecule has 0 saturated carbocycles. The molecule has 2 aliphatic rings. The van der Waals surface area contributed by atoms with Crippen molar-refractivity contribution in [2.45, 2.75) is 44.7 Å². The summed E-state index contributed by atoms with van der Waals surface area (Å²) < 4.78 is 10.3. The summed E-state index contributed by atoms with van der Waals surface area (Å²) in [5.41, 5.74) is 5.79. The van der Waals surface area contributed by atoms with Gasteiger partial charge in [-0.1, -0.05) is 0 Å². The van der Waals surface area contributed by atoms with Crippen LogP contribution in [0.3, 0.4) is 0 Å². The van der Waals surface area contributed by atoms with Gasteiger partial charge in [0.25, 0.3) is 0 Å². The van der Waals surface area contributed by atoms with Crippen molar-refractivity contribution in [2.24, 2.45) is 5.73 Å². The number of ether oxygens (including phenoxy) is 2. The number of β-lactam (4-membered cyclic amide) rings is 1. The largest absolute Gasteiger partial charge is 0.461 e. The third-order valence-corrected chi connectivity index (χ3v) is 4.49. The summed E-state index contributed by atoms with van der Waals surface area (Å²) in [7, 11) is 0. The number of hydrogen-bond donors (Lipinski definition) is 1. The van der Waals surface area contributed by atoms with Gasteiger partial charge in [0.1, 0.15) is 29.3 Å². The summed E-state index contributed by atoms with van der Waals surface area (Å²) in [4.78, 5) is 36.8. The van der Waals surface area contributed by atoms with Crippen LogP contribution < -0.4 is 5.73 Å². The van der Waals surface area contributed by atoms with Crippen LogP contribution in [-0.4, -0.2) is 52.1 Å². The molecule has 1 saturated heterocycles. The van der Waals surface area contributed by atoms with E-state index < -0.39 is 23.6 Å². The summed E-state index contributed by atoms with van der Waals surface area (Å²) in [6.07, 6.45) is 0. The number of hydrogen-bond acceptors (Lipinski definition) is 7. The van der Waals surface area contributed by atoms with Crippen LogP contribution in [0.5, 0.6) is 0 Å². The zero-order chi connectivity index (χ0) is 16.7. The van der Waals surface area contributed by atoms with Gasteiger partial charge in [-0.3, -0.25) is 14.5 Å². The fourth-order valence-electron chi connectivity index (χ4n) is 2.19. The number of carbonyl (C=O) groups is 3. The van der Waals surface area contributed by atoms with Gasteiger partial charge in [0.15, 0.2) is 0 Å². The average Bonchev–Trinajstić information content (AvgIpc) is 2.41. The van der Waals surface area contributed by atoms with E-state index in [2.05, 4.69) is 0 Å². The van der Waals surface area contributed by atoms with E-state index in [1.165, 1.54) is 23.6 Å². The molecule has 0 bridgehead atoms. The van der Waals surface area contributed by atoms with Crippen molar-refractivity contribution >= 4 is 29.6 Å². The van der Waals surface area contributed by atoms with Gasteiger partial charge >= 0.3 is 11.9 Å². The second kappa shape index (κ2) is 5.92. The monoisotopic (exact) mass is 328 g/mol. The van der Waals surface area contributed by atoms with Crippen LogP contribution in [0.4, 0.5) is 0 Å². The van der Waals surface area contributed by atoms with Crippen LogP contribution in [-0.2, 0) is 23.9 Å². The van der Waals surface area contributed by atoms with Crippen molar-refractivity contribution in [3.05, 3.63) is 11.3 Å². The van der Waals surface area contributed by atoms with E-state index >= 15 is 0 Å². The van der Waals surface area contributed by atoms with Crippen molar-refractivity contribution in [1.29, 1.82) is 0 Å². The smallest absolute Gasteiger partial charge is 0.355 e. The molecule has 2 N–H and O–H groups in total. The lowest BCUT2D eigenvalue weighted by Crippen LogP contribution is -2.68. The lowest BCUT2D eigenvalue weighted by Gasteiger charge is -2.48. The molecule has 1 amide bonds. The van der Waals surface area contributed by atoms with Gasteiger partial charge in [0.2, 0.25) is 5.91 Å². The lowest BCUT2D eigenvalue weighted by molar-refractivity contribution is -0.158. The maximum Gasteiger partial charge on any atom is 0.355 e. The highest BCUT2D eigenvalue weighted by atomic mass is 32.2. The predicted octanol–water partition coefficient (Wildman–Crippen LogP) is 0.388. The second-order valence-electron chi connectivity index (χ2n) is 6.17. The van der Waals surface area contributed by atoms with E-state index in [1.807, 2.05) is 0 Å². The lowest BCUT2D eigenvalue weighted by atomic mass is 10.0. The van der Waals surface area contributed by atoms with Gasteiger partial charge in [0.05, 0.1) is 0 Å². The minimum Gasteiger partial charge on any atom is -0.461 e. The van der Waals surface area contributed by atoms with E-state index in [0.717, 1.165) is 0 Å². The van der Waals surface area contributed by atoms with Crippen LogP contribution in [0, 0.1) is 0 Å². The molecule has 2 heterocycles. The highest BCUT2D eigenvalue weighted by Crippen LogP contribution is 2.40. The van der Waals surface area contributed by atoms with Gasteiger partial charge in [-0.25, -0.2) is 4.79 Å². The highest BCUT2D eigenvalue weighted by molar-refractivity contribution is 8.00. The summed E-state index contributed by atoms with van der Waals surface area (Å²) in [5.74, 6) is -0.905. The van der Waals surface area contributed by atoms with Crippen LogP contribution in [0.1, 0.15) is 27.7 Å². The number of nitrogens with zero attached hydrogens (tertiary/aromatic N) is 1. The average molecular weight is 328 g/mol. The third kappa shape index (κ3) is 3.27. The number of thioether (sulfide) groups is 1. The predicted molar refractivity (Wildman–Crippen MR) is 80.6 cm³/mol. The van der Waals surface area contributed by atoms with Crippen molar-refractivity contribution in [2.75, 3.05) is 12.4 Å². The van der Waals surface area contributed by atoms with E-state index in [4.69, 9.17) is 15.2 Å². The molecule has 0 aliphatic carbocycles. The number of nitrogens with two attached hydrogens (primary N) is 1. The molecule has 0 aromatic carbocycles. The Bertz CT molecular complexity index is 552. The number of amides is 1. The minimum atomic E-state index is -0.688. The number of fused-ring (bicyclic) bond motifs is 1. The molecule has 22 heavy (non-hydrogen) atoms. The highest BCUT2D eigenvalue weighted by Gasteiger charge is 2.52. The Balaban J connectivity index is 2.30. The Morgan fingerprint density at radius 2 is 2.05 bits per heavy atom. The first-order chi connectivity index (χ1) is 10.1. The van der Waals surface area contributed by atoms with Crippen LogP contribution in [0.25, 0.3) is 0 Å². The summed E-state index contributed by atoms with van der Waals surface area (Å²) in [6.45, 7) is 6.49. The van der Waals surface area contributed by atoms with E-state index in [9.17, 15) is 14.4 Å². The molecule has 2 atom stereocenters. The van der Waals surface area contributed by atoms with Crippen molar-refractivity contribution < 1.29 is 23.9 Å². The summed E-state index contributed by atoms with van der Waals surface area (Å²) in [6, 6.07) is -0.613. The molecule has 8 heteroatoms. The fraction of sp³-hybridized carbons (Fsp3) is 0.643. The van der Waals surface area contributed by atoms with Crippen molar-refractivity contribution in [3.8, 4) is 0 Å². The second-order valence-corrected chi connectivity index (χ2v) is 7.27. The Labute approximate surface area is 133 Å². The first kappa shape index (κ1) is 16.8. The van der Waals surface area contributed by atoms with Crippen LogP contribution >= 0.6 is 11.8 Å². The normalized spacial score (nSPS) is 24.6. The summed E-state index contributed by atoms with van der Waals surface area (Å²) in [5, 5.41) is -0.268. The standard InChI is InChI=1S/C14H20N2O5S/c1-7(17)20-5-8-6-22-12-9(15)11(18)16(12)10(8)13(19)21-14(2,3)4/h9,12H,5-6,15H2,1-4H3/t9-,12+/m0/s1. The quantitative estimate of drug-likeness (QED) is 0.591. The topological polar surface area (TPSA) is 98.9 Å². The Hall–Kier alpha value is -1.54. The van der Waals surface area contributed by atoms with E-state index in [1.54, 1.807) is 20.8 Å². The minimum absolute atomic E-state index is 0.0390. The maximum atomic E-state index is 12.4. The molecule has 2 aliphatic heterocycles. The third-order valence-electron chi connectivity index (χ3n) is 3.13. The molecule has 0 spiro atoms. The van der Waals surface area contributed by atoms with Crippen LogP contribution in [0.15, 0.2) is 11.3 Å². The van der Waals surface area contributed by atoms with Crippen LogP contribution in [0.2, 0.25) is 0 Å². The Morgan fingerprint density at radius 1 is 1.41 bits per heavy atom. The van der Waals surface area contributed by atoms with Gasteiger partial charge in [-0.05, 0) is 20.8 Å². The van der Waals surface area contributed by atoms with Gasteiger partial charge < -0.3 is 15.2 Å². The number of rotatable bonds is 3. The van der Waals surface area contributed by atoms with Gasteiger partial charge in [0, 0.05) is 18.2 Å². The van der Waals surface area contributed by atoms with Crippen molar-refractivity contribution in [3.63, 3.8) is 0 Å². The maximum absolute atomic E-state index is 12.4. The molecule has 2 rings (SSSR count). The zero-order valence-corrected chi connectivity index (χ0v) is 13.9. The molecule has 0 aromatic rings. The van der Waals surface area contributed by atoms with Gasteiger partial charge in [-0.2, -0.15) is 0 Å². The SMILES string of the molecule is CC(=O)OCC1=C(C(=O)OC(C)(C)C)N2C(=O)[C@H](N)[C@H]2SC1. The number of esters is 2. The molecular formula is C14H20N2O5S. The summed E-state index contributed by atoms with van der Waals surface area (Å²) >= 11 is 1.45. The first-order valence-electron chi connectivity index (χ1n) is 6.91. The molecule has 1 fully saturated rings. The van der Waals surface area contributed by atoms with E-state index in [-0.39, 0.29) is 23.6 Å².